The first-order chi connectivity index (χ1) is 7.93. The van der Waals surface area contributed by atoms with Gasteiger partial charge in [0.15, 0.2) is 0 Å². The number of rotatable bonds is 3. The zero-order valence-electron chi connectivity index (χ0n) is 11.2. The Balaban J connectivity index is 2.32. The van der Waals surface area contributed by atoms with Crippen LogP contribution in [0.3, 0.4) is 0 Å². The molecule has 0 aromatic rings. The maximum atomic E-state index is 11.4. The van der Waals surface area contributed by atoms with Gasteiger partial charge in [-0.3, -0.25) is 4.55 Å². The van der Waals surface area contributed by atoms with Gasteiger partial charge >= 0.3 is 6.09 Å². The Bertz CT molecular complexity index is 417. The second kappa shape index (κ2) is 4.70. The molecule has 7 heteroatoms. The van der Waals surface area contributed by atoms with Gasteiger partial charge in [0.25, 0.3) is 10.1 Å². The maximum Gasteiger partial charge on any atom is 0.407 e. The predicted octanol–water partition coefficient (Wildman–Crippen LogP) is 1.57. The molecule has 0 radical (unpaired) electrons. The summed E-state index contributed by atoms with van der Waals surface area (Å²) < 4.78 is 35.1. The molecule has 1 fully saturated rings. The Kier molecular flexibility index (Phi) is 3.97. The van der Waals surface area contributed by atoms with Gasteiger partial charge in [0.2, 0.25) is 0 Å². The van der Waals surface area contributed by atoms with Crippen molar-refractivity contribution >= 4 is 16.2 Å². The van der Waals surface area contributed by atoms with E-state index < -0.39 is 26.6 Å². The van der Waals surface area contributed by atoms with Crippen LogP contribution in [0.2, 0.25) is 0 Å². The lowest BCUT2D eigenvalue weighted by Crippen LogP contribution is -2.51. The van der Waals surface area contributed by atoms with Crippen LogP contribution < -0.4 is 5.32 Å². The SMILES string of the molecule is CC(C)(C)OC(=O)NCC1CC(C)(S(=O)(=O)O)C1. The van der Waals surface area contributed by atoms with E-state index in [9.17, 15) is 13.2 Å². The smallest absolute Gasteiger partial charge is 0.407 e. The normalized spacial score (nSPS) is 28.4. The minimum Gasteiger partial charge on any atom is -0.444 e. The highest BCUT2D eigenvalue weighted by molar-refractivity contribution is 7.87. The third-order valence-corrected chi connectivity index (χ3v) is 4.58. The summed E-state index contributed by atoms with van der Waals surface area (Å²) in [5.41, 5.74) is -0.549. The summed E-state index contributed by atoms with van der Waals surface area (Å²) in [6.07, 6.45) is 0.187. The Labute approximate surface area is 108 Å². The van der Waals surface area contributed by atoms with E-state index in [2.05, 4.69) is 5.32 Å². The van der Waals surface area contributed by atoms with Crippen LogP contribution in [-0.4, -0.2) is 36.0 Å². The van der Waals surface area contributed by atoms with Crippen molar-refractivity contribution in [2.45, 2.75) is 50.9 Å². The van der Waals surface area contributed by atoms with Crippen molar-refractivity contribution < 1.29 is 22.5 Å². The second-order valence-electron chi connectivity index (χ2n) is 6.08. The average molecular weight is 279 g/mol. The van der Waals surface area contributed by atoms with Gasteiger partial charge in [0.05, 0.1) is 4.75 Å². The van der Waals surface area contributed by atoms with Crippen LogP contribution in [-0.2, 0) is 14.9 Å². The summed E-state index contributed by atoms with van der Waals surface area (Å²) in [5, 5.41) is 2.59. The highest BCUT2D eigenvalue weighted by Gasteiger charge is 2.49. The van der Waals surface area contributed by atoms with Crippen molar-refractivity contribution in [2.75, 3.05) is 6.54 Å². The average Bonchev–Trinajstić information content (AvgIpc) is 2.05. The first kappa shape index (κ1) is 15.2. The summed E-state index contributed by atoms with van der Waals surface area (Å²) in [4.78, 5) is 11.4. The molecule has 0 heterocycles. The number of alkyl carbamates (subject to hydrolysis) is 1. The van der Waals surface area contributed by atoms with E-state index in [0.717, 1.165) is 0 Å². The van der Waals surface area contributed by atoms with Crippen molar-refractivity contribution in [2.24, 2.45) is 5.92 Å². The van der Waals surface area contributed by atoms with Crippen LogP contribution >= 0.6 is 0 Å². The van der Waals surface area contributed by atoms with Gasteiger partial charge in [-0.15, -0.1) is 0 Å². The fraction of sp³-hybridized carbons (Fsp3) is 0.909. The summed E-state index contributed by atoms with van der Waals surface area (Å²) in [6, 6.07) is 0. The molecule has 106 valence electrons. The van der Waals surface area contributed by atoms with Crippen LogP contribution in [0, 0.1) is 5.92 Å². The summed E-state index contributed by atoms with van der Waals surface area (Å²) in [5.74, 6) is 0.0597. The molecule has 18 heavy (non-hydrogen) atoms. The van der Waals surface area contributed by atoms with Gasteiger partial charge < -0.3 is 10.1 Å². The topological polar surface area (TPSA) is 92.7 Å². The molecule has 2 N–H and O–H groups in total. The largest absolute Gasteiger partial charge is 0.444 e. The minimum absolute atomic E-state index is 0.0597. The fourth-order valence-corrected chi connectivity index (χ4v) is 2.95. The van der Waals surface area contributed by atoms with E-state index in [1.165, 1.54) is 6.92 Å². The quantitative estimate of drug-likeness (QED) is 0.765. The zero-order chi connectivity index (χ0) is 14.2. The second-order valence-corrected chi connectivity index (χ2v) is 8.02. The van der Waals surface area contributed by atoms with Gasteiger partial charge in [-0.2, -0.15) is 8.42 Å². The number of hydrogen-bond acceptors (Lipinski definition) is 4. The third kappa shape index (κ3) is 3.84. The van der Waals surface area contributed by atoms with Gasteiger partial charge in [-0.05, 0) is 46.5 Å². The maximum absolute atomic E-state index is 11.4. The molecule has 0 spiro atoms. The molecule has 1 amide bonds. The molecule has 0 bridgehead atoms. The van der Waals surface area contributed by atoms with Crippen molar-refractivity contribution in [1.29, 1.82) is 0 Å². The molecule has 0 saturated heterocycles. The van der Waals surface area contributed by atoms with Crippen LogP contribution in [0.1, 0.15) is 40.5 Å². The van der Waals surface area contributed by atoms with E-state index in [4.69, 9.17) is 9.29 Å². The molecule has 0 aromatic heterocycles. The number of nitrogens with one attached hydrogen (secondary N) is 1. The summed E-state index contributed by atoms with van der Waals surface area (Å²) in [6.45, 7) is 7.17. The molecule has 0 unspecified atom stereocenters. The van der Waals surface area contributed by atoms with Crippen LogP contribution in [0.25, 0.3) is 0 Å². The van der Waals surface area contributed by atoms with Crippen LogP contribution in [0.15, 0.2) is 0 Å². The predicted molar refractivity (Wildman–Crippen MR) is 66.9 cm³/mol. The number of amides is 1. The molecular formula is C11H21NO5S. The first-order valence-electron chi connectivity index (χ1n) is 5.87. The van der Waals surface area contributed by atoms with Gasteiger partial charge in [0.1, 0.15) is 5.60 Å². The Morgan fingerprint density at radius 3 is 2.33 bits per heavy atom. The van der Waals surface area contributed by atoms with Gasteiger partial charge in [-0.1, -0.05) is 0 Å². The monoisotopic (exact) mass is 279 g/mol. The van der Waals surface area contributed by atoms with E-state index >= 15 is 0 Å². The molecule has 6 nitrogen and oxygen atoms in total. The lowest BCUT2D eigenvalue weighted by molar-refractivity contribution is 0.0503. The third-order valence-electron chi connectivity index (χ3n) is 3.00. The lowest BCUT2D eigenvalue weighted by atomic mass is 9.75. The Morgan fingerprint density at radius 2 is 1.94 bits per heavy atom. The summed E-state index contributed by atoms with van der Waals surface area (Å²) >= 11 is 0. The standard InChI is InChI=1S/C11H21NO5S/c1-10(2,3)17-9(13)12-7-8-5-11(4,6-8)18(14,15)16/h8H,5-7H2,1-4H3,(H,12,13)(H,14,15,16). The van der Waals surface area contributed by atoms with Gasteiger partial charge in [-0.25, -0.2) is 4.79 Å². The molecule has 1 rings (SSSR count). The van der Waals surface area contributed by atoms with E-state index in [0.29, 0.717) is 19.4 Å². The van der Waals surface area contributed by atoms with Crippen molar-refractivity contribution in [1.82, 2.24) is 5.32 Å². The molecule has 0 aromatic carbocycles. The van der Waals surface area contributed by atoms with E-state index in [1.807, 2.05) is 0 Å². The summed E-state index contributed by atoms with van der Waals surface area (Å²) in [7, 11) is -4.01. The highest BCUT2D eigenvalue weighted by Crippen LogP contribution is 2.42. The fourth-order valence-electron chi connectivity index (χ4n) is 2.06. The van der Waals surface area contributed by atoms with E-state index in [-0.39, 0.29) is 5.92 Å². The number of hydrogen-bond donors (Lipinski definition) is 2. The number of ether oxygens (including phenoxy) is 1. The van der Waals surface area contributed by atoms with E-state index in [1.54, 1.807) is 20.8 Å². The molecule has 1 aliphatic rings. The number of carbonyl (C=O) groups excluding carboxylic acids is 1. The number of carbonyl (C=O) groups is 1. The molecular weight excluding hydrogens is 258 g/mol. The van der Waals surface area contributed by atoms with Crippen LogP contribution in [0.4, 0.5) is 4.79 Å². The minimum atomic E-state index is -4.01. The van der Waals surface area contributed by atoms with Crippen molar-refractivity contribution in [3.8, 4) is 0 Å². The lowest BCUT2D eigenvalue weighted by Gasteiger charge is -2.42. The van der Waals surface area contributed by atoms with Crippen LogP contribution in [0.5, 0.6) is 0 Å². The van der Waals surface area contributed by atoms with Crippen molar-refractivity contribution in [3.63, 3.8) is 0 Å². The molecule has 1 saturated carbocycles. The first-order valence-corrected chi connectivity index (χ1v) is 7.31. The Hall–Kier alpha value is -0.820. The Morgan fingerprint density at radius 1 is 1.44 bits per heavy atom. The highest BCUT2D eigenvalue weighted by atomic mass is 32.2. The molecule has 0 atom stereocenters. The molecule has 1 aliphatic carbocycles. The zero-order valence-corrected chi connectivity index (χ0v) is 12.0. The van der Waals surface area contributed by atoms with Gasteiger partial charge in [0, 0.05) is 6.54 Å². The van der Waals surface area contributed by atoms with Crippen molar-refractivity contribution in [3.05, 3.63) is 0 Å². The molecule has 0 aliphatic heterocycles.